The van der Waals surface area contributed by atoms with Crippen LogP contribution in [0.4, 0.5) is 4.79 Å². The number of hydrogen-bond acceptors (Lipinski definition) is 2. The summed E-state index contributed by atoms with van der Waals surface area (Å²) in [6, 6.07) is 8.21. The Morgan fingerprint density at radius 2 is 1.90 bits per heavy atom. The first kappa shape index (κ1) is 13.9. The summed E-state index contributed by atoms with van der Waals surface area (Å²) >= 11 is 0. The quantitative estimate of drug-likeness (QED) is 0.890. The molecule has 0 unspecified atom stereocenters. The highest BCUT2D eigenvalue weighted by molar-refractivity contribution is 5.79. The van der Waals surface area contributed by atoms with Crippen LogP contribution >= 0.6 is 0 Å². The van der Waals surface area contributed by atoms with Crippen LogP contribution in [0.15, 0.2) is 24.3 Å². The molecular formula is C16H20N2O3. The van der Waals surface area contributed by atoms with Crippen molar-refractivity contribution in [3.8, 4) is 0 Å². The molecule has 1 aliphatic heterocycles. The van der Waals surface area contributed by atoms with Gasteiger partial charge in [0, 0.05) is 19.1 Å². The second-order valence-corrected chi connectivity index (χ2v) is 5.97. The molecule has 21 heavy (non-hydrogen) atoms. The van der Waals surface area contributed by atoms with Crippen molar-refractivity contribution in [2.45, 2.75) is 37.6 Å². The van der Waals surface area contributed by atoms with Gasteiger partial charge >= 0.3 is 6.09 Å². The Kier molecular flexibility index (Phi) is 3.82. The molecule has 5 nitrogen and oxygen atoms in total. The third kappa shape index (κ3) is 3.54. The average molecular weight is 288 g/mol. The van der Waals surface area contributed by atoms with Gasteiger partial charge in [0.05, 0.1) is 6.42 Å². The zero-order chi connectivity index (χ0) is 14.8. The van der Waals surface area contributed by atoms with E-state index in [1.807, 2.05) is 12.1 Å². The van der Waals surface area contributed by atoms with Crippen LogP contribution in [0.1, 0.15) is 36.3 Å². The molecule has 2 fully saturated rings. The summed E-state index contributed by atoms with van der Waals surface area (Å²) < 4.78 is 0. The summed E-state index contributed by atoms with van der Waals surface area (Å²) in [5, 5.41) is 11.8. The van der Waals surface area contributed by atoms with Crippen molar-refractivity contribution in [2.24, 2.45) is 0 Å². The molecule has 1 aromatic carbocycles. The molecule has 2 N–H and O–H groups in total. The van der Waals surface area contributed by atoms with Crippen LogP contribution in [0.5, 0.6) is 0 Å². The molecule has 1 saturated carbocycles. The standard InChI is InChI=1S/C16H20N2O3/c19-15(17-14-7-8-18(10-14)16(20)21)9-11-1-3-12(4-2-11)13-5-6-13/h1-4,13-14H,5-10H2,(H,17,19)(H,20,21)/t14-/m1/s1. The van der Waals surface area contributed by atoms with Gasteiger partial charge in [0.15, 0.2) is 0 Å². The molecule has 0 aromatic heterocycles. The van der Waals surface area contributed by atoms with Crippen LogP contribution < -0.4 is 5.32 Å². The van der Waals surface area contributed by atoms with E-state index in [0.29, 0.717) is 25.9 Å². The number of benzene rings is 1. The van der Waals surface area contributed by atoms with Gasteiger partial charge in [0.2, 0.25) is 5.91 Å². The number of hydrogen-bond donors (Lipinski definition) is 2. The summed E-state index contributed by atoms with van der Waals surface area (Å²) in [4.78, 5) is 24.2. The van der Waals surface area contributed by atoms with Gasteiger partial charge in [-0.15, -0.1) is 0 Å². The molecule has 1 aliphatic carbocycles. The maximum absolute atomic E-state index is 12.0. The molecule has 0 radical (unpaired) electrons. The van der Waals surface area contributed by atoms with Gasteiger partial charge in [0.1, 0.15) is 0 Å². The van der Waals surface area contributed by atoms with Crippen LogP contribution in [0, 0.1) is 0 Å². The Bertz CT molecular complexity index is 537. The van der Waals surface area contributed by atoms with E-state index in [4.69, 9.17) is 5.11 Å². The molecule has 2 amide bonds. The Labute approximate surface area is 123 Å². The van der Waals surface area contributed by atoms with Crippen LogP contribution in [0.2, 0.25) is 0 Å². The van der Waals surface area contributed by atoms with Crippen LogP contribution in [0.25, 0.3) is 0 Å². The number of nitrogens with one attached hydrogen (secondary N) is 1. The summed E-state index contributed by atoms with van der Waals surface area (Å²) in [7, 11) is 0. The number of carbonyl (C=O) groups is 2. The first-order valence-electron chi connectivity index (χ1n) is 7.48. The van der Waals surface area contributed by atoms with Crippen molar-refractivity contribution >= 4 is 12.0 Å². The lowest BCUT2D eigenvalue weighted by Crippen LogP contribution is -2.38. The largest absolute Gasteiger partial charge is 0.465 e. The number of carbonyl (C=O) groups excluding carboxylic acids is 1. The van der Waals surface area contributed by atoms with E-state index in [9.17, 15) is 9.59 Å². The van der Waals surface area contributed by atoms with E-state index in [1.165, 1.54) is 23.3 Å². The first-order chi connectivity index (χ1) is 10.1. The van der Waals surface area contributed by atoms with Gasteiger partial charge in [-0.3, -0.25) is 4.79 Å². The second-order valence-electron chi connectivity index (χ2n) is 5.97. The maximum atomic E-state index is 12.0. The highest BCUT2D eigenvalue weighted by atomic mass is 16.4. The van der Waals surface area contributed by atoms with E-state index in [1.54, 1.807) is 0 Å². The van der Waals surface area contributed by atoms with Crippen molar-refractivity contribution in [1.82, 2.24) is 10.2 Å². The predicted molar refractivity (Wildman–Crippen MR) is 78.3 cm³/mol. The van der Waals surface area contributed by atoms with Crippen LogP contribution in [-0.4, -0.2) is 41.1 Å². The molecule has 2 aliphatic rings. The lowest BCUT2D eigenvalue weighted by Gasteiger charge is -2.14. The topological polar surface area (TPSA) is 69.6 Å². The van der Waals surface area contributed by atoms with E-state index >= 15 is 0 Å². The van der Waals surface area contributed by atoms with E-state index in [0.717, 1.165) is 11.5 Å². The minimum absolute atomic E-state index is 0.0357. The predicted octanol–water partition coefficient (Wildman–Crippen LogP) is 1.98. The Balaban J connectivity index is 1.48. The van der Waals surface area contributed by atoms with E-state index in [-0.39, 0.29) is 11.9 Å². The fraction of sp³-hybridized carbons (Fsp3) is 0.500. The molecule has 1 atom stereocenters. The molecular weight excluding hydrogens is 268 g/mol. The molecule has 1 heterocycles. The zero-order valence-electron chi connectivity index (χ0n) is 11.9. The zero-order valence-corrected chi connectivity index (χ0v) is 11.9. The highest BCUT2D eigenvalue weighted by Gasteiger charge is 2.27. The van der Waals surface area contributed by atoms with Gasteiger partial charge in [-0.2, -0.15) is 0 Å². The SMILES string of the molecule is O=C(Cc1ccc(C2CC2)cc1)N[C@@H]1CCN(C(=O)O)C1. The maximum Gasteiger partial charge on any atom is 0.407 e. The molecule has 1 aromatic rings. The summed E-state index contributed by atoms with van der Waals surface area (Å²) in [6.45, 7) is 0.887. The first-order valence-corrected chi connectivity index (χ1v) is 7.48. The average Bonchev–Trinajstić information content (AvgIpc) is 3.19. The van der Waals surface area contributed by atoms with Gasteiger partial charge in [-0.25, -0.2) is 4.79 Å². The molecule has 5 heteroatoms. The van der Waals surface area contributed by atoms with E-state index in [2.05, 4.69) is 17.4 Å². The minimum Gasteiger partial charge on any atom is -0.465 e. The molecule has 112 valence electrons. The Hall–Kier alpha value is -2.04. The molecule has 1 saturated heterocycles. The Morgan fingerprint density at radius 1 is 1.19 bits per heavy atom. The number of likely N-dealkylation sites (tertiary alicyclic amines) is 1. The van der Waals surface area contributed by atoms with Crippen molar-refractivity contribution in [1.29, 1.82) is 0 Å². The summed E-state index contributed by atoms with van der Waals surface area (Å²) in [5.41, 5.74) is 2.37. The summed E-state index contributed by atoms with van der Waals surface area (Å²) in [6.07, 6.45) is 2.69. The van der Waals surface area contributed by atoms with Crippen LogP contribution in [-0.2, 0) is 11.2 Å². The smallest absolute Gasteiger partial charge is 0.407 e. The lowest BCUT2D eigenvalue weighted by molar-refractivity contribution is -0.121. The van der Waals surface area contributed by atoms with Crippen molar-refractivity contribution in [2.75, 3.05) is 13.1 Å². The van der Waals surface area contributed by atoms with Gasteiger partial charge < -0.3 is 15.3 Å². The molecule has 0 spiro atoms. The van der Waals surface area contributed by atoms with Crippen molar-refractivity contribution < 1.29 is 14.7 Å². The van der Waals surface area contributed by atoms with Crippen molar-refractivity contribution in [3.63, 3.8) is 0 Å². The summed E-state index contributed by atoms with van der Waals surface area (Å²) in [5.74, 6) is 0.694. The fourth-order valence-corrected chi connectivity index (χ4v) is 2.84. The number of amides is 2. The number of nitrogens with zero attached hydrogens (tertiary/aromatic N) is 1. The third-order valence-corrected chi connectivity index (χ3v) is 4.22. The number of carboxylic acid groups (broad SMARTS) is 1. The van der Waals surface area contributed by atoms with Gasteiger partial charge in [0.25, 0.3) is 0 Å². The minimum atomic E-state index is -0.914. The molecule has 0 bridgehead atoms. The molecule has 3 rings (SSSR count). The van der Waals surface area contributed by atoms with Crippen LogP contribution in [0.3, 0.4) is 0 Å². The monoisotopic (exact) mass is 288 g/mol. The number of rotatable bonds is 4. The van der Waals surface area contributed by atoms with Crippen molar-refractivity contribution in [3.05, 3.63) is 35.4 Å². The van der Waals surface area contributed by atoms with Gasteiger partial charge in [-0.05, 0) is 36.3 Å². The van der Waals surface area contributed by atoms with E-state index < -0.39 is 6.09 Å². The lowest BCUT2D eigenvalue weighted by atomic mass is 10.1. The third-order valence-electron chi connectivity index (χ3n) is 4.22. The van der Waals surface area contributed by atoms with Gasteiger partial charge in [-0.1, -0.05) is 24.3 Å². The Morgan fingerprint density at radius 3 is 2.48 bits per heavy atom. The second kappa shape index (κ2) is 5.76. The normalized spacial score (nSPS) is 21.3. The highest BCUT2D eigenvalue weighted by Crippen LogP contribution is 2.39. The fourth-order valence-electron chi connectivity index (χ4n) is 2.84.